The maximum Gasteiger partial charge on any atom is 0.182 e. The van der Waals surface area contributed by atoms with Gasteiger partial charge in [-0.15, -0.1) is 0 Å². The Morgan fingerprint density at radius 3 is 2.40 bits per heavy atom. The fourth-order valence-corrected chi connectivity index (χ4v) is 6.48. The second kappa shape index (κ2) is 13.5. The Morgan fingerprint density at radius 1 is 0.925 bits per heavy atom. The standard InChI is InChI=1S/C36H44BN3/c1-4-23-39(37)24-11-13-28-17-19-29(20-18-28)36(33(5-2)34-16-10-9-12-27(34)3)30-21-22-35-31(25-30)26-38-40(35)32-14-7-6-8-15-32/h9-10,12,16-22,25-26,32H,4-8,11,13-15,23-24H2,1-3H3/b36-33+. The molecule has 1 saturated carbocycles. The lowest BCUT2D eigenvalue weighted by atomic mass is 9.86. The van der Waals surface area contributed by atoms with Crippen LogP contribution < -0.4 is 0 Å². The molecular weight excluding hydrogens is 485 g/mol. The van der Waals surface area contributed by atoms with Gasteiger partial charge in [0.2, 0.25) is 0 Å². The SMILES string of the molecule is [B]N(CCC)CCCc1ccc(/C(=C(/CC)c2ccccc2C)c2ccc3c(cnn3C3CCCCC3)c2)cc1. The number of benzene rings is 3. The van der Waals surface area contributed by atoms with Crippen LogP contribution in [0.2, 0.25) is 0 Å². The molecule has 0 amide bonds. The lowest BCUT2D eigenvalue weighted by molar-refractivity contribution is 0.337. The van der Waals surface area contributed by atoms with Crippen molar-refractivity contribution in [3.05, 3.63) is 101 Å². The minimum Gasteiger partial charge on any atom is -0.353 e. The highest BCUT2D eigenvalue weighted by Crippen LogP contribution is 2.38. The van der Waals surface area contributed by atoms with Gasteiger partial charge < -0.3 is 4.81 Å². The normalized spacial score (nSPS) is 15.1. The molecule has 0 saturated heterocycles. The molecule has 4 aromatic rings. The van der Waals surface area contributed by atoms with Crippen LogP contribution in [-0.4, -0.2) is 35.7 Å². The highest BCUT2D eigenvalue weighted by Gasteiger charge is 2.20. The average molecular weight is 530 g/mol. The minimum absolute atomic E-state index is 0.533. The van der Waals surface area contributed by atoms with Gasteiger partial charge in [-0.1, -0.05) is 87.7 Å². The summed E-state index contributed by atoms with van der Waals surface area (Å²) in [6, 6.07) is 25.6. The molecular formula is C36H44BN3. The number of hydrogen-bond donors (Lipinski definition) is 0. The maximum absolute atomic E-state index is 6.10. The van der Waals surface area contributed by atoms with Crippen LogP contribution in [0.5, 0.6) is 0 Å². The Hall–Kier alpha value is -3.11. The number of aromatic nitrogens is 2. The van der Waals surface area contributed by atoms with Crippen molar-refractivity contribution in [1.82, 2.24) is 14.6 Å². The van der Waals surface area contributed by atoms with E-state index in [1.54, 1.807) is 0 Å². The first-order valence-corrected chi connectivity index (χ1v) is 15.4. The topological polar surface area (TPSA) is 21.1 Å². The molecule has 0 bridgehead atoms. The van der Waals surface area contributed by atoms with E-state index >= 15 is 0 Å². The van der Waals surface area contributed by atoms with Gasteiger partial charge in [-0.05, 0) is 110 Å². The number of allylic oxidation sites excluding steroid dienone is 1. The smallest absolute Gasteiger partial charge is 0.182 e. The molecule has 206 valence electrons. The van der Waals surface area contributed by atoms with Gasteiger partial charge in [0.15, 0.2) is 7.98 Å². The summed E-state index contributed by atoms with van der Waals surface area (Å²) in [6.07, 6.45) is 12.7. The van der Waals surface area contributed by atoms with E-state index in [4.69, 9.17) is 13.1 Å². The Kier molecular flexibility index (Phi) is 9.59. The summed E-state index contributed by atoms with van der Waals surface area (Å²) >= 11 is 0. The molecule has 1 aliphatic carbocycles. The molecule has 0 aliphatic heterocycles. The van der Waals surface area contributed by atoms with Gasteiger partial charge in [0.1, 0.15) is 0 Å². The molecule has 3 nitrogen and oxygen atoms in total. The minimum atomic E-state index is 0.533. The third-order valence-corrected chi connectivity index (χ3v) is 8.59. The Morgan fingerprint density at radius 2 is 1.68 bits per heavy atom. The van der Waals surface area contributed by atoms with Gasteiger partial charge in [-0.2, -0.15) is 5.10 Å². The van der Waals surface area contributed by atoms with Gasteiger partial charge in [0.25, 0.3) is 0 Å². The van der Waals surface area contributed by atoms with Gasteiger partial charge in [-0.3, -0.25) is 4.68 Å². The van der Waals surface area contributed by atoms with E-state index in [2.05, 4.69) is 98.4 Å². The molecule has 1 aromatic heterocycles. The largest absolute Gasteiger partial charge is 0.353 e. The van der Waals surface area contributed by atoms with Gasteiger partial charge in [0.05, 0.1) is 17.8 Å². The molecule has 3 aromatic carbocycles. The van der Waals surface area contributed by atoms with Gasteiger partial charge in [-0.25, -0.2) is 0 Å². The summed E-state index contributed by atoms with van der Waals surface area (Å²) in [5, 5.41) is 6.11. The molecule has 40 heavy (non-hydrogen) atoms. The van der Waals surface area contributed by atoms with Crippen molar-refractivity contribution in [2.45, 2.75) is 84.6 Å². The van der Waals surface area contributed by atoms with E-state index in [0.29, 0.717) is 6.04 Å². The van der Waals surface area contributed by atoms with Crippen molar-refractivity contribution in [2.24, 2.45) is 0 Å². The van der Waals surface area contributed by atoms with E-state index in [-0.39, 0.29) is 0 Å². The molecule has 0 unspecified atom stereocenters. The van der Waals surface area contributed by atoms with Crippen LogP contribution >= 0.6 is 0 Å². The van der Waals surface area contributed by atoms with Crippen LogP contribution in [0.15, 0.2) is 72.9 Å². The molecule has 2 radical (unpaired) electrons. The van der Waals surface area contributed by atoms with Crippen LogP contribution in [-0.2, 0) is 6.42 Å². The Labute approximate surface area is 242 Å². The van der Waals surface area contributed by atoms with Crippen LogP contribution in [0.3, 0.4) is 0 Å². The van der Waals surface area contributed by atoms with Crippen LogP contribution in [0, 0.1) is 6.92 Å². The summed E-state index contributed by atoms with van der Waals surface area (Å²) in [4.78, 5) is 1.94. The highest BCUT2D eigenvalue weighted by atomic mass is 15.3. The molecule has 0 atom stereocenters. The maximum atomic E-state index is 6.10. The van der Waals surface area contributed by atoms with Crippen molar-refractivity contribution >= 4 is 30.0 Å². The van der Waals surface area contributed by atoms with Crippen LogP contribution in [0.4, 0.5) is 0 Å². The quantitative estimate of drug-likeness (QED) is 0.143. The van der Waals surface area contributed by atoms with Crippen molar-refractivity contribution in [2.75, 3.05) is 13.1 Å². The number of hydrogen-bond acceptors (Lipinski definition) is 2. The lowest BCUT2D eigenvalue weighted by Gasteiger charge is -2.23. The third kappa shape index (κ3) is 6.44. The van der Waals surface area contributed by atoms with Gasteiger partial charge in [0, 0.05) is 5.39 Å². The third-order valence-electron chi connectivity index (χ3n) is 8.59. The summed E-state index contributed by atoms with van der Waals surface area (Å²) in [5.74, 6) is 0. The summed E-state index contributed by atoms with van der Waals surface area (Å²) < 4.78 is 2.29. The molecule has 0 spiro atoms. The zero-order valence-corrected chi connectivity index (χ0v) is 24.7. The fraction of sp³-hybridized carbons (Fsp3) is 0.417. The summed E-state index contributed by atoms with van der Waals surface area (Å²) in [5.41, 5.74) is 10.5. The Balaban J connectivity index is 1.52. The number of rotatable bonds is 11. The lowest BCUT2D eigenvalue weighted by Crippen LogP contribution is -2.22. The van der Waals surface area contributed by atoms with E-state index in [9.17, 15) is 0 Å². The average Bonchev–Trinajstić information content (AvgIpc) is 3.41. The van der Waals surface area contributed by atoms with Crippen molar-refractivity contribution < 1.29 is 0 Å². The first kappa shape index (κ1) is 28.4. The molecule has 5 rings (SSSR count). The molecule has 1 heterocycles. The first-order chi connectivity index (χ1) is 19.6. The van der Waals surface area contributed by atoms with Crippen LogP contribution in [0.25, 0.3) is 22.0 Å². The van der Waals surface area contributed by atoms with E-state index < -0.39 is 0 Å². The van der Waals surface area contributed by atoms with E-state index in [1.165, 1.54) is 82.0 Å². The fourth-order valence-electron chi connectivity index (χ4n) is 6.48. The van der Waals surface area contributed by atoms with Crippen molar-refractivity contribution in [1.29, 1.82) is 0 Å². The second-order valence-corrected chi connectivity index (χ2v) is 11.5. The van der Waals surface area contributed by atoms with Crippen molar-refractivity contribution in [3.63, 3.8) is 0 Å². The number of aryl methyl sites for hydroxylation is 2. The predicted octanol–water partition coefficient (Wildman–Crippen LogP) is 8.95. The predicted molar refractivity (Wildman–Crippen MR) is 172 cm³/mol. The second-order valence-electron chi connectivity index (χ2n) is 11.5. The van der Waals surface area contributed by atoms with Crippen LogP contribution in [0.1, 0.15) is 99.1 Å². The zero-order valence-electron chi connectivity index (χ0n) is 24.7. The van der Waals surface area contributed by atoms with E-state index in [1.807, 2.05) is 4.81 Å². The first-order valence-electron chi connectivity index (χ1n) is 15.4. The highest BCUT2D eigenvalue weighted by molar-refractivity contribution is 6.04. The number of nitrogens with zero attached hydrogens (tertiary/aromatic N) is 3. The van der Waals surface area contributed by atoms with Gasteiger partial charge >= 0.3 is 0 Å². The molecule has 1 aliphatic rings. The summed E-state index contributed by atoms with van der Waals surface area (Å²) in [7, 11) is 6.10. The molecule has 4 heteroatoms. The molecule has 0 N–H and O–H groups in total. The summed E-state index contributed by atoms with van der Waals surface area (Å²) in [6.45, 7) is 8.57. The zero-order chi connectivity index (χ0) is 27.9. The molecule has 1 fully saturated rings. The number of fused-ring (bicyclic) bond motifs is 1. The Bertz CT molecular complexity index is 1430. The van der Waals surface area contributed by atoms with E-state index in [0.717, 1.165) is 38.8 Å². The monoisotopic (exact) mass is 529 g/mol. The van der Waals surface area contributed by atoms with Crippen molar-refractivity contribution in [3.8, 4) is 0 Å².